The first-order valence-corrected chi connectivity index (χ1v) is 9.07. The Morgan fingerprint density at radius 3 is 2.50 bits per heavy atom. The second-order valence-corrected chi connectivity index (χ2v) is 7.65. The highest BCUT2D eigenvalue weighted by Crippen LogP contribution is 2.23. The molecule has 1 N–H and O–H groups in total. The fourth-order valence-corrected chi connectivity index (χ4v) is 4.34. The Kier molecular flexibility index (Phi) is 5.24. The molecule has 22 heavy (non-hydrogen) atoms. The molecule has 0 aromatic carbocycles. The van der Waals surface area contributed by atoms with Crippen molar-refractivity contribution in [2.45, 2.75) is 32.7 Å². The van der Waals surface area contributed by atoms with Crippen LogP contribution in [0.2, 0.25) is 0 Å². The summed E-state index contributed by atoms with van der Waals surface area (Å²) in [6, 6.07) is 0.660. The molecule has 4 aliphatic heterocycles. The maximum Gasteiger partial charge on any atom is 0.193 e. The van der Waals surface area contributed by atoms with Crippen molar-refractivity contribution in [3.63, 3.8) is 0 Å². The van der Waals surface area contributed by atoms with Gasteiger partial charge in [0.05, 0.1) is 0 Å². The standard InChI is InChI=1S/C17H33N5/c1-14(2)10-15-4-5-22(12-15)17(18-3)19-11-16-13-20-6-8-21(16)9-7-20/h14-16H,4-13H2,1-3H3,(H,18,19). The van der Waals surface area contributed by atoms with Crippen LogP contribution in [-0.4, -0.2) is 86.1 Å². The Morgan fingerprint density at radius 1 is 1.14 bits per heavy atom. The Hall–Kier alpha value is -0.810. The minimum Gasteiger partial charge on any atom is -0.355 e. The number of guanidine groups is 1. The van der Waals surface area contributed by atoms with E-state index in [1.807, 2.05) is 7.05 Å². The van der Waals surface area contributed by atoms with Gasteiger partial charge in [0.2, 0.25) is 0 Å². The summed E-state index contributed by atoms with van der Waals surface area (Å²) in [5, 5.41) is 3.65. The van der Waals surface area contributed by atoms with E-state index in [2.05, 4.69) is 38.9 Å². The molecule has 4 heterocycles. The van der Waals surface area contributed by atoms with Crippen molar-refractivity contribution in [1.29, 1.82) is 0 Å². The van der Waals surface area contributed by atoms with Crippen molar-refractivity contribution < 1.29 is 0 Å². The second kappa shape index (κ2) is 7.18. The van der Waals surface area contributed by atoms with Gasteiger partial charge in [0, 0.05) is 65.4 Å². The first kappa shape index (κ1) is 16.1. The maximum absolute atomic E-state index is 4.53. The van der Waals surface area contributed by atoms with E-state index in [-0.39, 0.29) is 0 Å². The van der Waals surface area contributed by atoms with Crippen LogP contribution in [0.15, 0.2) is 4.99 Å². The molecule has 0 saturated carbocycles. The molecule has 4 fully saturated rings. The molecule has 4 rings (SSSR count). The predicted molar refractivity (Wildman–Crippen MR) is 92.3 cm³/mol. The quantitative estimate of drug-likeness (QED) is 0.619. The molecular weight excluding hydrogens is 274 g/mol. The predicted octanol–water partition coefficient (Wildman–Crippen LogP) is 0.930. The highest BCUT2D eigenvalue weighted by atomic mass is 15.4. The van der Waals surface area contributed by atoms with Crippen molar-refractivity contribution in [1.82, 2.24) is 20.0 Å². The Bertz CT molecular complexity index is 387. The summed E-state index contributed by atoms with van der Waals surface area (Å²) >= 11 is 0. The van der Waals surface area contributed by atoms with E-state index in [0.717, 1.165) is 30.9 Å². The highest BCUT2D eigenvalue weighted by molar-refractivity contribution is 5.80. The number of nitrogens with one attached hydrogen (secondary N) is 1. The normalized spacial score (nSPS) is 35.5. The van der Waals surface area contributed by atoms with E-state index in [1.54, 1.807) is 0 Å². The van der Waals surface area contributed by atoms with Gasteiger partial charge in [0.1, 0.15) is 0 Å². The third-order valence-corrected chi connectivity index (χ3v) is 5.49. The number of hydrogen-bond donors (Lipinski definition) is 1. The topological polar surface area (TPSA) is 34.1 Å². The van der Waals surface area contributed by atoms with Crippen LogP contribution in [0.1, 0.15) is 26.7 Å². The number of rotatable bonds is 4. The van der Waals surface area contributed by atoms with E-state index < -0.39 is 0 Å². The minimum atomic E-state index is 0.660. The molecule has 0 aromatic heterocycles. The third kappa shape index (κ3) is 3.74. The number of likely N-dealkylation sites (tertiary alicyclic amines) is 1. The molecule has 126 valence electrons. The summed E-state index contributed by atoms with van der Waals surface area (Å²) < 4.78 is 0. The monoisotopic (exact) mass is 307 g/mol. The molecule has 2 bridgehead atoms. The van der Waals surface area contributed by atoms with Gasteiger partial charge < -0.3 is 10.2 Å². The van der Waals surface area contributed by atoms with Gasteiger partial charge in [0.25, 0.3) is 0 Å². The molecule has 4 aliphatic rings. The summed E-state index contributed by atoms with van der Waals surface area (Å²) in [6.45, 7) is 14.3. The zero-order valence-electron chi connectivity index (χ0n) is 14.6. The smallest absolute Gasteiger partial charge is 0.193 e. The van der Waals surface area contributed by atoms with Crippen molar-refractivity contribution in [2.24, 2.45) is 16.8 Å². The summed E-state index contributed by atoms with van der Waals surface area (Å²) in [5.74, 6) is 2.77. The SMILES string of the molecule is CN=C(NCC1CN2CCN1CC2)N1CCC(CC(C)C)C1. The minimum absolute atomic E-state index is 0.660. The van der Waals surface area contributed by atoms with E-state index in [0.29, 0.717) is 6.04 Å². The highest BCUT2D eigenvalue weighted by Gasteiger charge is 2.32. The Morgan fingerprint density at radius 2 is 1.91 bits per heavy atom. The summed E-state index contributed by atoms with van der Waals surface area (Å²) in [4.78, 5) is 12.2. The number of piperazine rings is 3. The van der Waals surface area contributed by atoms with Gasteiger partial charge in [-0.05, 0) is 24.7 Å². The number of fused-ring (bicyclic) bond motifs is 3. The average Bonchev–Trinajstić information content (AvgIpc) is 2.97. The lowest BCUT2D eigenvalue weighted by Gasteiger charge is -2.47. The molecular formula is C17H33N5. The van der Waals surface area contributed by atoms with Crippen LogP contribution in [0.3, 0.4) is 0 Å². The maximum atomic E-state index is 4.53. The molecule has 5 heteroatoms. The van der Waals surface area contributed by atoms with E-state index in [4.69, 9.17) is 0 Å². The number of aliphatic imine (C=N–C) groups is 1. The summed E-state index contributed by atoms with van der Waals surface area (Å²) in [5.41, 5.74) is 0. The first-order valence-electron chi connectivity index (χ1n) is 9.07. The van der Waals surface area contributed by atoms with Crippen LogP contribution in [0.5, 0.6) is 0 Å². The number of nitrogens with zero attached hydrogens (tertiary/aromatic N) is 4. The van der Waals surface area contributed by atoms with Crippen molar-refractivity contribution in [2.75, 3.05) is 59.4 Å². The summed E-state index contributed by atoms with van der Waals surface area (Å²) in [7, 11) is 1.93. The van der Waals surface area contributed by atoms with Crippen LogP contribution in [-0.2, 0) is 0 Å². The van der Waals surface area contributed by atoms with Crippen LogP contribution in [0.4, 0.5) is 0 Å². The largest absolute Gasteiger partial charge is 0.355 e. The van der Waals surface area contributed by atoms with Crippen LogP contribution in [0.25, 0.3) is 0 Å². The molecule has 0 radical (unpaired) electrons. The molecule has 5 nitrogen and oxygen atoms in total. The van der Waals surface area contributed by atoms with Gasteiger partial charge in [-0.1, -0.05) is 13.8 Å². The van der Waals surface area contributed by atoms with Crippen LogP contribution in [0, 0.1) is 11.8 Å². The Balaban J connectivity index is 1.47. The lowest BCUT2D eigenvalue weighted by molar-refractivity contribution is 0.0152. The van der Waals surface area contributed by atoms with E-state index in [1.165, 1.54) is 52.1 Å². The molecule has 0 spiro atoms. The van der Waals surface area contributed by atoms with Gasteiger partial charge in [-0.3, -0.25) is 14.8 Å². The van der Waals surface area contributed by atoms with Gasteiger partial charge >= 0.3 is 0 Å². The van der Waals surface area contributed by atoms with Gasteiger partial charge in [-0.15, -0.1) is 0 Å². The molecule has 0 aromatic rings. The lowest BCUT2D eigenvalue weighted by Crippen LogP contribution is -2.63. The zero-order valence-corrected chi connectivity index (χ0v) is 14.6. The van der Waals surface area contributed by atoms with Crippen LogP contribution >= 0.6 is 0 Å². The fraction of sp³-hybridized carbons (Fsp3) is 0.941. The van der Waals surface area contributed by atoms with Crippen molar-refractivity contribution >= 4 is 5.96 Å². The molecule has 2 atom stereocenters. The van der Waals surface area contributed by atoms with Gasteiger partial charge in [0.15, 0.2) is 5.96 Å². The summed E-state index contributed by atoms with van der Waals surface area (Å²) in [6.07, 6.45) is 2.67. The zero-order chi connectivity index (χ0) is 15.5. The number of hydrogen-bond acceptors (Lipinski definition) is 3. The van der Waals surface area contributed by atoms with E-state index in [9.17, 15) is 0 Å². The molecule has 4 saturated heterocycles. The second-order valence-electron chi connectivity index (χ2n) is 7.65. The third-order valence-electron chi connectivity index (χ3n) is 5.49. The Labute approximate surface area is 135 Å². The average molecular weight is 307 g/mol. The van der Waals surface area contributed by atoms with E-state index >= 15 is 0 Å². The molecule has 0 amide bonds. The van der Waals surface area contributed by atoms with Gasteiger partial charge in [-0.25, -0.2) is 0 Å². The van der Waals surface area contributed by atoms with Crippen molar-refractivity contribution in [3.05, 3.63) is 0 Å². The molecule has 2 unspecified atom stereocenters. The van der Waals surface area contributed by atoms with Crippen LogP contribution < -0.4 is 5.32 Å². The van der Waals surface area contributed by atoms with Crippen molar-refractivity contribution in [3.8, 4) is 0 Å². The first-order chi connectivity index (χ1) is 10.7. The fourth-order valence-electron chi connectivity index (χ4n) is 4.34. The lowest BCUT2D eigenvalue weighted by atomic mass is 9.97. The molecule has 0 aliphatic carbocycles. The van der Waals surface area contributed by atoms with Gasteiger partial charge in [-0.2, -0.15) is 0 Å².